The number of anilines is 1. The Hall–Kier alpha value is -1.92. The summed E-state index contributed by atoms with van der Waals surface area (Å²) in [6, 6.07) is 9.53. The molecule has 4 nitrogen and oxygen atoms in total. The highest BCUT2D eigenvalue weighted by Crippen LogP contribution is 2.21. The van der Waals surface area contributed by atoms with Crippen LogP contribution in [-0.4, -0.2) is 20.6 Å². The Morgan fingerprint density at radius 2 is 1.86 bits per heavy atom. The van der Waals surface area contributed by atoms with E-state index in [1.807, 2.05) is 0 Å². The Bertz CT molecular complexity index is 806. The largest absolute Gasteiger partial charge is 0.322 e. The zero-order valence-corrected chi connectivity index (χ0v) is 12.5. The van der Waals surface area contributed by atoms with Gasteiger partial charge in [0.2, 0.25) is 0 Å². The molecule has 21 heavy (non-hydrogen) atoms. The molecule has 0 bridgehead atoms. The molecule has 0 spiro atoms. The molecule has 1 amide bonds. The monoisotopic (exact) mass is 327 g/mol. The van der Waals surface area contributed by atoms with Crippen LogP contribution in [0.1, 0.15) is 10.4 Å². The molecule has 0 aromatic heterocycles. The van der Waals surface area contributed by atoms with Crippen molar-refractivity contribution in [2.45, 2.75) is 4.90 Å². The van der Waals surface area contributed by atoms with Gasteiger partial charge in [-0.05, 0) is 30.3 Å². The summed E-state index contributed by atoms with van der Waals surface area (Å²) in [6.07, 6.45) is 1.02. The maximum Gasteiger partial charge on any atom is 0.256 e. The first-order valence-electron chi connectivity index (χ1n) is 5.84. The number of halogens is 2. The van der Waals surface area contributed by atoms with Crippen LogP contribution in [-0.2, 0) is 9.84 Å². The fourth-order valence-corrected chi connectivity index (χ4v) is 2.82. The molecule has 7 heteroatoms. The minimum absolute atomic E-state index is 0.0143. The molecule has 2 rings (SSSR count). The fraction of sp³-hybridized carbons (Fsp3) is 0.0714. The Morgan fingerprint density at radius 3 is 2.48 bits per heavy atom. The summed E-state index contributed by atoms with van der Waals surface area (Å²) >= 11 is 5.62. The second-order valence-electron chi connectivity index (χ2n) is 4.35. The van der Waals surface area contributed by atoms with Gasteiger partial charge >= 0.3 is 0 Å². The number of rotatable bonds is 3. The summed E-state index contributed by atoms with van der Waals surface area (Å²) in [5.74, 6) is -1.22. The molecule has 0 atom stereocenters. The lowest BCUT2D eigenvalue weighted by Crippen LogP contribution is -2.16. The van der Waals surface area contributed by atoms with Gasteiger partial charge in [0.25, 0.3) is 5.91 Å². The van der Waals surface area contributed by atoms with Crippen LogP contribution in [0.25, 0.3) is 0 Å². The van der Waals surface area contributed by atoms with Crippen LogP contribution < -0.4 is 5.32 Å². The molecule has 0 aliphatic heterocycles. The van der Waals surface area contributed by atoms with Crippen molar-refractivity contribution in [2.24, 2.45) is 0 Å². The summed E-state index contributed by atoms with van der Waals surface area (Å²) in [5.41, 5.74) is 0.287. The molecule has 1 N–H and O–H groups in total. The van der Waals surface area contributed by atoms with Gasteiger partial charge in [0.15, 0.2) is 9.84 Å². The van der Waals surface area contributed by atoms with Gasteiger partial charge in [-0.1, -0.05) is 23.7 Å². The molecule has 2 aromatic carbocycles. The van der Waals surface area contributed by atoms with E-state index in [0.717, 1.165) is 12.3 Å². The first-order valence-corrected chi connectivity index (χ1v) is 8.11. The molecule has 0 radical (unpaired) electrons. The zero-order valence-electron chi connectivity index (χ0n) is 10.9. The van der Waals surface area contributed by atoms with E-state index in [1.165, 1.54) is 30.3 Å². The summed E-state index contributed by atoms with van der Waals surface area (Å²) in [5, 5.41) is 2.35. The molecular formula is C14H11ClFNO3S. The van der Waals surface area contributed by atoms with Crippen molar-refractivity contribution >= 4 is 33.0 Å². The lowest BCUT2D eigenvalue weighted by atomic mass is 10.2. The van der Waals surface area contributed by atoms with E-state index in [1.54, 1.807) is 6.07 Å². The SMILES string of the molecule is CS(=O)(=O)c1ccccc1C(=O)Nc1ccc(F)c(Cl)c1. The Morgan fingerprint density at radius 1 is 1.19 bits per heavy atom. The molecule has 110 valence electrons. The highest BCUT2D eigenvalue weighted by molar-refractivity contribution is 7.90. The molecule has 0 saturated carbocycles. The average molecular weight is 328 g/mol. The summed E-state index contributed by atoms with van der Waals surface area (Å²) in [4.78, 5) is 12.1. The Balaban J connectivity index is 2.35. The fourth-order valence-electron chi connectivity index (χ4n) is 1.75. The van der Waals surface area contributed by atoms with Crippen molar-refractivity contribution < 1.29 is 17.6 Å². The van der Waals surface area contributed by atoms with Gasteiger partial charge < -0.3 is 5.32 Å². The van der Waals surface area contributed by atoms with Gasteiger partial charge in [0, 0.05) is 11.9 Å². The van der Waals surface area contributed by atoms with E-state index < -0.39 is 21.6 Å². The van der Waals surface area contributed by atoms with Crippen molar-refractivity contribution in [1.82, 2.24) is 0 Å². The minimum atomic E-state index is -3.53. The molecule has 0 unspecified atom stereocenters. The van der Waals surface area contributed by atoms with Crippen molar-refractivity contribution in [3.63, 3.8) is 0 Å². The molecule has 0 heterocycles. The average Bonchev–Trinajstić information content (AvgIpc) is 2.42. The van der Waals surface area contributed by atoms with Crippen LogP contribution in [0.2, 0.25) is 5.02 Å². The smallest absolute Gasteiger partial charge is 0.256 e. The van der Waals surface area contributed by atoms with Crippen LogP contribution in [0.4, 0.5) is 10.1 Å². The van der Waals surface area contributed by atoms with E-state index in [2.05, 4.69) is 5.32 Å². The van der Waals surface area contributed by atoms with E-state index in [4.69, 9.17) is 11.6 Å². The molecule has 0 saturated heterocycles. The van der Waals surface area contributed by atoms with Gasteiger partial charge in [-0.2, -0.15) is 0 Å². The van der Waals surface area contributed by atoms with Crippen LogP contribution in [0.15, 0.2) is 47.4 Å². The number of hydrogen-bond donors (Lipinski definition) is 1. The van der Waals surface area contributed by atoms with Crippen LogP contribution in [0, 0.1) is 5.82 Å². The third-order valence-corrected chi connectivity index (χ3v) is 4.15. The quantitative estimate of drug-likeness (QED) is 0.942. The first-order chi connectivity index (χ1) is 9.79. The lowest BCUT2D eigenvalue weighted by molar-refractivity contribution is 0.102. The van der Waals surface area contributed by atoms with Gasteiger partial charge in [-0.15, -0.1) is 0 Å². The van der Waals surface area contributed by atoms with Gasteiger partial charge in [-0.3, -0.25) is 4.79 Å². The predicted molar refractivity (Wildman–Crippen MR) is 78.9 cm³/mol. The molecule has 0 aliphatic rings. The molecular weight excluding hydrogens is 317 g/mol. The molecule has 0 fully saturated rings. The molecule has 2 aromatic rings. The third-order valence-electron chi connectivity index (χ3n) is 2.71. The van der Waals surface area contributed by atoms with Crippen molar-refractivity contribution in [1.29, 1.82) is 0 Å². The number of sulfone groups is 1. The number of hydrogen-bond acceptors (Lipinski definition) is 3. The number of amides is 1. The maximum atomic E-state index is 13.1. The Kier molecular flexibility index (Phi) is 4.29. The number of carbonyl (C=O) groups is 1. The summed E-state index contributed by atoms with van der Waals surface area (Å²) < 4.78 is 36.4. The maximum absolute atomic E-state index is 13.1. The minimum Gasteiger partial charge on any atom is -0.322 e. The van der Waals surface area contributed by atoms with Crippen LogP contribution in [0.3, 0.4) is 0 Å². The normalized spacial score (nSPS) is 11.2. The van der Waals surface area contributed by atoms with E-state index in [-0.39, 0.29) is 21.2 Å². The number of benzene rings is 2. The highest BCUT2D eigenvalue weighted by atomic mass is 35.5. The van der Waals surface area contributed by atoms with Crippen molar-refractivity contribution in [3.05, 3.63) is 58.9 Å². The van der Waals surface area contributed by atoms with Crippen molar-refractivity contribution in [3.8, 4) is 0 Å². The third kappa shape index (κ3) is 3.59. The summed E-state index contributed by atoms with van der Waals surface area (Å²) in [6.45, 7) is 0. The second-order valence-corrected chi connectivity index (χ2v) is 6.74. The van der Waals surface area contributed by atoms with E-state index in [0.29, 0.717) is 0 Å². The zero-order chi connectivity index (χ0) is 15.6. The van der Waals surface area contributed by atoms with Crippen LogP contribution in [0.5, 0.6) is 0 Å². The number of nitrogens with one attached hydrogen (secondary N) is 1. The van der Waals surface area contributed by atoms with Gasteiger partial charge in [0.1, 0.15) is 5.82 Å². The Labute approximate surface area is 126 Å². The highest BCUT2D eigenvalue weighted by Gasteiger charge is 2.18. The molecule has 0 aliphatic carbocycles. The predicted octanol–water partition coefficient (Wildman–Crippen LogP) is 3.13. The standard InChI is InChI=1S/C14H11ClFNO3S/c1-21(19,20)13-5-3-2-4-10(13)14(18)17-9-6-7-12(16)11(15)8-9/h2-8H,1H3,(H,17,18). The first kappa shape index (κ1) is 15.5. The van der Waals surface area contributed by atoms with E-state index >= 15 is 0 Å². The number of carbonyl (C=O) groups excluding carboxylic acids is 1. The van der Waals surface area contributed by atoms with Gasteiger partial charge in [-0.25, -0.2) is 12.8 Å². The van der Waals surface area contributed by atoms with Crippen molar-refractivity contribution in [2.75, 3.05) is 11.6 Å². The summed E-state index contributed by atoms with van der Waals surface area (Å²) in [7, 11) is -3.53. The lowest BCUT2D eigenvalue weighted by Gasteiger charge is -2.09. The van der Waals surface area contributed by atoms with E-state index in [9.17, 15) is 17.6 Å². The van der Waals surface area contributed by atoms with Crippen LogP contribution >= 0.6 is 11.6 Å². The van der Waals surface area contributed by atoms with Gasteiger partial charge in [0.05, 0.1) is 15.5 Å². The topological polar surface area (TPSA) is 63.2 Å². The second kappa shape index (κ2) is 5.83.